The lowest BCUT2D eigenvalue weighted by Gasteiger charge is -2.07. The third-order valence-corrected chi connectivity index (χ3v) is 4.51. The molecule has 0 spiro atoms. The monoisotopic (exact) mass is 354 g/mol. The molecule has 0 aromatic carbocycles. The number of nitrogens with zero attached hydrogens (tertiary/aromatic N) is 4. The van der Waals surface area contributed by atoms with Crippen LogP contribution >= 0.6 is 11.3 Å². The van der Waals surface area contributed by atoms with Gasteiger partial charge in [0.05, 0.1) is 41.5 Å². The highest BCUT2D eigenvalue weighted by atomic mass is 32.1. The molecule has 25 heavy (non-hydrogen) atoms. The first-order chi connectivity index (χ1) is 12.2. The predicted octanol–water partition coefficient (Wildman–Crippen LogP) is 3.02. The van der Waals surface area contributed by atoms with Gasteiger partial charge < -0.3 is 10.1 Å². The molecule has 4 aromatic heterocycles. The summed E-state index contributed by atoms with van der Waals surface area (Å²) in [5.41, 5.74) is 3.88. The number of nitrogens with one attached hydrogen (secondary N) is 2. The van der Waals surface area contributed by atoms with Crippen LogP contribution < -0.4 is 5.32 Å². The number of aryl methyl sites for hydroxylation is 1. The Labute approximate surface area is 146 Å². The highest BCUT2D eigenvalue weighted by Crippen LogP contribution is 2.28. The third-order valence-electron chi connectivity index (χ3n) is 3.67. The van der Waals surface area contributed by atoms with Crippen LogP contribution in [-0.4, -0.2) is 37.6 Å². The van der Waals surface area contributed by atoms with Crippen LogP contribution in [0.25, 0.3) is 16.9 Å². The van der Waals surface area contributed by atoms with E-state index in [2.05, 4.69) is 25.5 Å². The summed E-state index contributed by atoms with van der Waals surface area (Å²) in [6, 6.07) is 1.73. The average Bonchev–Trinajstić information content (AvgIpc) is 3.33. The van der Waals surface area contributed by atoms with Crippen molar-refractivity contribution >= 4 is 33.8 Å². The number of fused-ring (bicyclic) bond motifs is 1. The fourth-order valence-corrected chi connectivity index (χ4v) is 3.31. The zero-order chi connectivity index (χ0) is 17.4. The fraction of sp³-hybridized carbons (Fsp3) is 0.125. The Balaban J connectivity index is 1.75. The number of carbonyl (C=O) groups excluding carboxylic acids is 1. The number of H-pyrrole nitrogens is 1. The van der Waals surface area contributed by atoms with E-state index in [1.165, 1.54) is 18.4 Å². The third kappa shape index (κ3) is 2.74. The van der Waals surface area contributed by atoms with Crippen molar-refractivity contribution in [1.82, 2.24) is 24.6 Å². The summed E-state index contributed by atoms with van der Waals surface area (Å²) in [4.78, 5) is 20.6. The number of methoxy groups -OCH3 is 1. The van der Waals surface area contributed by atoms with E-state index in [9.17, 15) is 4.79 Å². The summed E-state index contributed by atoms with van der Waals surface area (Å²) in [5.74, 6) is 0.253. The van der Waals surface area contributed by atoms with Gasteiger partial charge in [-0.25, -0.2) is 14.8 Å². The Kier molecular flexibility index (Phi) is 3.69. The molecule has 0 aliphatic heterocycles. The molecule has 0 fully saturated rings. The van der Waals surface area contributed by atoms with Crippen LogP contribution in [0, 0.1) is 6.92 Å². The van der Waals surface area contributed by atoms with E-state index in [4.69, 9.17) is 4.74 Å². The van der Waals surface area contributed by atoms with Gasteiger partial charge in [-0.2, -0.15) is 5.10 Å². The minimum Gasteiger partial charge on any atom is -0.465 e. The molecule has 2 N–H and O–H groups in total. The predicted molar refractivity (Wildman–Crippen MR) is 94.2 cm³/mol. The molecule has 0 atom stereocenters. The Morgan fingerprint density at radius 1 is 1.40 bits per heavy atom. The topological polar surface area (TPSA) is 97.2 Å². The number of hydrogen-bond donors (Lipinski definition) is 2. The Hall–Kier alpha value is -3.20. The first-order valence-corrected chi connectivity index (χ1v) is 8.31. The second kappa shape index (κ2) is 6.02. The van der Waals surface area contributed by atoms with Gasteiger partial charge >= 0.3 is 5.97 Å². The van der Waals surface area contributed by atoms with Gasteiger partial charge in [0, 0.05) is 23.3 Å². The van der Waals surface area contributed by atoms with Crippen molar-refractivity contribution in [2.75, 3.05) is 12.4 Å². The Morgan fingerprint density at radius 3 is 3.04 bits per heavy atom. The van der Waals surface area contributed by atoms with Crippen LogP contribution in [0.4, 0.5) is 10.8 Å². The minimum absolute atomic E-state index is 0.366. The van der Waals surface area contributed by atoms with Gasteiger partial charge in [0.1, 0.15) is 0 Å². The van der Waals surface area contributed by atoms with Gasteiger partial charge in [0.2, 0.25) is 0 Å². The van der Waals surface area contributed by atoms with Crippen LogP contribution in [0.3, 0.4) is 0 Å². The number of rotatable bonds is 4. The quantitative estimate of drug-likeness (QED) is 0.547. The first-order valence-electron chi connectivity index (χ1n) is 7.43. The summed E-state index contributed by atoms with van der Waals surface area (Å²) < 4.78 is 6.70. The molecule has 0 aliphatic carbocycles. The van der Waals surface area contributed by atoms with Crippen molar-refractivity contribution in [2.45, 2.75) is 6.92 Å². The standard InChI is InChI=1S/C16H14N6O2S/c1-9-7-22-12(11-4-18-19-5-11)6-17-15(22)14(20-9)21-13-3-10(8-25-13)16(23)24-2/h3-8H,1-2H3,(H,18,19)(H,20,21). The molecule has 0 aliphatic rings. The molecule has 0 saturated heterocycles. The van der Waals surface area contributed by atoms with Gasteiger partial charge in [0.15, 0.2) is 11.5 Å². The second-order valence-electron chi connectivity index (χ2n) is 5.37. The van der Waals surface area contributed by atoms with Crippen molar-refractivity contribution in [3.8, 4) is 11.3 Å². The smallest absolute Gasteiger partial charge is 0.338 e. The number of carbonyl (C=O) groups is 1. The Bertz CT molecular complexity index is 1050. The number of aromatic nitrogens is 5. The summed E-state index contributed by atoms with van der Waals surface area (Å²) >= 11 is 1.40. The number of thiophene rings is 1. The van der Waals surface area contributed by atoms with E-state index in [0.29, 0.717) is 17.0 Å². The fourth-order valence-electron chi connectivity index (χ4n) is 2.54. The van der Waals surface area contributed by atoms with Gasteiger partial charge in [-0.3, -0.25) is 9.50 Å². The minimum atomic E-state index is -0.366. The molecule has 0 bridgehead atoms. The van der Waals surface area contributed by atoms with Crippen molar-refractivity contribution in [3.05, 3.63) is 47.5 Å². The first kappa shape index (κ1) is 15.3. The largest absolute Gasteiger partial charge is 0.465 e. The van der Waals surface area contributed by atoms with E-state index in [1.807, 2.05) is 23.7 Å². The average molecular weight is 354 g/mol. The van der Waals surface area contributed by atoms with Crippen molar-refractivity contribution in [2.24, 2.45) is 0 Å². The number of esters is 1. The zero-order valence-corrected chi connectivity index (χ0v) is 14.3. The molecular weight excluding hydrogens is 340 g/mol. The SMILES string of the molecule is COC(=O)c1csc(Nc2nc(C)cn3c(-c4cn[nH]c4)cnc23)c1. The van der Waals surface area contributed by atoms with Gasteiger partial charge in [-0.15, -0.1) is 11.3 Å². The lowest BCUT2D eigenvalue weighted by Crippen LogP contribution is -2.01. The Morgan fingerprint density at radius 2 is 2.28 bits per heavy atom. The van der Waals surface area contributed by atoms with Gasteiger partial charge in [-0.05, 0) is 13.0 Å². The maximum Gasteiger partial charge on any atom is 0.338 e. The molecule has 4 aromatic rings. The van der Waals surface area contributed by atoms with Gasteiger partial charge in [-0.1, -0.05) is 0 Å². The number of imidazole rings is 1. The molecule has 4 heterocycles. The number of hydrogen-bond acceptors (Lipinski definition) is 7. The molecule has 8 nitrogen and oxygen atoms in total. The van der Waals surface area contributed by atoms with Crippen molar-refractivity contribution in [1.29, 1.82) is 0 Å². The van der Waals surface area contributed by atoms with E-state index in [-0.39, 0.29) is 5.97 Å². The number of aromatic amines is 1. The molecule has 0 radical (unpaired) electrons. The van der Waals surface area contributed by atoms with Crippen LogP contribution in [0.1, 0.15) is 16.1 Å². The second-order valence-corrected chi connectivity index (χ2v) is 6.28. The lowest BCUT2D eigenvalue weighted by molar-refractivity contribution is 0.0601. The molecule has 0 unspecified atom stereocenters. The van der Waals surface area contributed by atoms with E-state index in [1.54, 1.807) is 23.8 Å². The molecular formula is C16H14N6O2S. The number of anilines is 2. The molecule has 0 amide bonds. The van der Waals surface area contributed by atoms with Gasteiger partial charge in [0.25, 0.3) is 0 Å². The molecule has 0 saturated carbocycles. The van der Waals surface area contributed by atoms with Crippen LogP contribution in [0.2, 0.25) is 0 Å². The zero-order valence-electron chi connectivity index (χ0n) is 13.5. The summed E-state index contributed by atoms with van der Waals surface area (Å²) in [7, 11) is 1.36. The normalized spacial score (nSPS) is 11.0. The molecule has 9 heteroatoms. The maximum atomic E-state index is 11.6. The lowest BCUT2D eigenvalue weighted by atomic mass is 10.3. The maximum absolute atomic E-state index is 11.6. The van der Waals surface area contributed by atoms with E-state index >= 15 is 0 Å². The summed E-state index contributed by atoms with van der Waals surface area (Å²) in [6.07, 6.45) is 7.26. The summed E-state index contributed by atoms with van der Waals surface area (Å²) in [6.45, 7) is 1.91. The van der Waals surface area contributed by atoms with Crippen molar-refractivity contribution in [3.63, 3.8) is 0 Å². The molecule has 126 valence electrons. The number of ether oxygens (including phenoxy) is 1. The van der Waals surface area contributed by atoms with Crippen LogP contribution in [0.5, 0.6) is 0 Å². The summed E-state index contributed by atoms with van der Waals surface area (Å²) in [5, 5.41) is 12.6. The van der Waals surface area contributed by atoms with E-state index < -0.39 is 0 Å². The highest BCUT2D eigenvalue weighted by molar-refractivity contribution is 7.14. The van der Waals surface area contributed by atoms with Crippen LogP contribution in [0.15, 0.2) is 36.2 Å². The molecule has 4 rings (SSSR count). The van der Waals surface area contributed by atoms with Crippen LogP contribution in [-0.2, 0) is 4.74 Å². The van der Waals surface area contributed by atoms with Crippen molar-refractivity contribution < 1.29 is 9.53 Å². The highest BCUT2D eigenvalue weighted by Gasteiger charge is 2.14. The van der Waals surface area contributed by atoms with E-state index in [0.717, 1.165) is 22.0 Å².